The lowest BCUT2D eigenvalue weighted by atomic mass is 10.1. The zero-order valence-corrected chi connectivity index (χ0v) is 16.9. The summed E-state index contributed by atoms with van der Waals surface area (Å²) in [4.78, 5) is 0. The lowest BCUT2D eigenvalue weighted by Gasteiger charge is -2.12. The summed E-state index contributed by atoms with van der Waals surface area (Å²) in [5.74, 6) is 0. The highest BCUT2D eigenvalue weighted by molar-refractivity contribution is 7.80. The van der Waals surface area contributed by atoms with Crippen molar-refractivity contribution in [3.63, 3.8) is 0 Å². The standard InChI is InChI=1S/C20H33ClN2S/c1-3-4-5-6-7-8-9-10-11-12-15-22-20(24)23-19-16-18(21)14-13-17(19)2/h13-14,16H,3-12,15H2,1-2H3,(H2,22,23,24). The van der Waals surface area contributed by atoms with Gasteiger partial charge < -0.3 is 10.6 Å². The fraction of sp³-hybridized carbons (Fsp3) is 0.650. The van der Waals surface area contributed by atoms with Gasteiger partial charge in [-0.3, -0.25) is 0 Å². The van der Waals surface area contributed by atoms with E-state index in [1.54, 1.807) is 0 Å². The number of thiocarbonyl (C=S) groups is 1. The molecule has 1 aromatic rings. The first kappa shape index (κ1) is 21.2. The lowest BCUT2D eigenvalue weighted by molar-refractivity contribution is 0.555. The number of hydrogen-bond donors (Lipinski definition) is 2. The Bertz CT molecular complexity index is 477. The van der Waals surface area contributed by atoms with Crippen LogP contribution in [0.4, 0.5) is 5.69 Å². The molecule has 0 atom stereocenters. The molecule has 0 amide bonds. The summed E-state index contributed by atoms with van der Waals surface area (Å²) in [7, 11) is 0. The van der Waals surface area contributed by atoms with E-state index in [0.717, 1.165) is 22.8 Å². The van der Waals surface area contributed by atoms with Gasteiger partial charge in [0.05, 0.1) is 0 Å². The second-order valence-electron chi connectivity index (χ2n) is 6.52. The van der Waals surface area contributed by atoms with Crippen molar-refractivity contribution < 1.29 is 0 Å². The van der Waals surface area contributed by atoms with Crippen molar-refractivity contribution in [2.45, 2.75) is 78.1 Å². The summed E-state index contributed by atoms with van der Waals surface area (Å²) in [6.07, 6.45) is 13.5. The van der Waals surface area contributed by atoms with Crippen molar-refractivity contribution >= 4 is 34.6 Å². The van der Waals surface area contributed by atoms with Crippen LogP contribution in [-0.2, 0) is 0 Å². The minimum atomic E-state index is 0.677. The molecular weight excluding hydrogens is 336 g/mol. The van der Waals surface area contributed by atoms with Crippen LogP contribution in [0.2, 0.25) is 5.02 Å². The van der Waals surface area contributed by atoms with Gasteiger partial charge in [-0.15, -0.1) is 0 Å². The van der Waals surface area contributed by atoms with Crippen LogP contribution >= 0.6 is 23.8 Å². The molecule has 0 aliphatic carbocycles. The van der Waals surface area contributed by atoms with E-state index >= 15 is 0 Å². The molecule has 0 spiro atoms. The van der Waals surface area contributed by atoms with E-state index in [-0.39, 0.29) is 0 Å². The van der Waals surface area contributed by atoms with Crippen molar-refractivity contribution in [1.82, 2.24) is 5.32 Å². The number of halogens is 1. The molecule has 136 valence electrons. The number of aryl methyl sites for hydroxylation is 1. The molecule has 1 rings (SSSR count). The molecule has 4 heteroatoms. The third-order valence-electron chi connectivity index (χ3n) is 4.26. The van der Waals surface area contributed by atoms with Crippen LogP contribution in [0.5, 0.6) is 0 Å². The Morgan fingerprint density at radius 3 is 2.17 bits per heavy atom. The highest BCUT2D eigenvalue weighted by atomic mass is 35.5. The fourth-order valence-electron chi connectivity index (χ4n) is 2.71. The quantitative estimate of drug-likeness (QED) is 0.311. The van der Waals surface area contributed by atoms with Gasteiger partial charge in [0.2, 0.25) is 0 Å². The van der Waals surface area contributed by atoms with Crippen LogP contribution in [0.3, 0.4) is 0 Å². The highest BCUT2D eigenvalue weighted by Gasteiger charge is 2.02. The molecule has 0 saturated carbocycles. The molecule has 24 heavy (non-hydrogen) atoms. The number of benzene rings is 1. The Labute approximate surface area is 158 Å². The summed E-state index contributed by atoms with van der Waals surface area (Å²) < 4.78 is 0. The van der Waals surface area contributed by atoms with Crippen molar-refractivity contribution in [2.75, 3.05) is 11.9 Å². The second kappa shape index (κ2) is 13.5. The van der Waals surface area contributed by atoms with Gasteiger partial charge in [-0.05, 0) is 43.3 Å². The summed E-state index contributed by atoms with van der Waals surface area (Å²) >= 11 is 11.4. The van der Waals surface area contributed by atoms with Crippen LogP contribution in [-0.4, -0.2) is 11.7 Å². The molecule has 2 nitrogen and oxygen atoms in total. The van der Waals surface area contributed by atoms with E-state index in [1.165, 1.54) is 64.2 Å². The van der Waals surface area contributed by atoms with E-state index in [0.29, 0.717) is 5.11 Å². The van der Waals surface area contributed by atoms with Gasteiger partial charge in [0.15, 0.2) is 5.11 Å². The lowest BCUT2D eigenvalue weighted by Crippen LogP contribution is -2.29. The average Bonchev–Trinajstić information content (AvgIpc) is 2.56. The number of hydrogen-bond acceptors (Lipinski definition) is 1. The molecule has 0 unspecified atom stereocenters. The second-order valence-corrected chi connectivity index (χ2v) is 7.37. The molecule has 0 radical (unpaired) electrons. The zero-order valence-electron chi connectivity index (χ0n) is 15.3. The fourth-order valence-corrected chi connectivity index (χ4v) is 3.09. The van der Waals surface area contributed by atoms with E-state index < -0.39 is 0 Å². The maximum atomic E-state index is 6.02. The third kappa shape index (κ3) is 10.1. The first-order valence-corrected chi connectivity index (χ1v) is 10.2. The monoisotopic (exact) mass is 368 g/mol. The first-order valence-electron chi connectivity index (χ1n) is 9.44. The minimum Gasteiger partial charge on any atom is -0.362 e. The molecule has 0 aliphatic heterocycles. The van der Waals surface area contributed by atoms with Gasteiger partial charge in [-0.2, -0.15) is 0 Å². The summed E-state index contributed by atoms with van der Waals surface area (Å²) in [6, 6.07) is 5.79. The number of unbranched alkanes of at least 4 members (excludes halogenated alkanes) is 9. The molecule has 0 heterocycles. The van der Waals surface area contributed by atoms with Crippen molar-refractivity contribution in [2.24, 2.45) is 0 Å². The number of nitrogens with one attached hydrogen (secondary N) is 2. The summed E-state index contributed by atoms with van der Waals surface area (Å²) in [5, 5.41) is 7.90. The molecular formula is C20H33ClN2S. The van der Waals surface area contributed by atoms with Gasteiger partial charge >= 0.3 is 0 Å². The molecule has 0 bridgehead atoms. The van der Waals surface area contributed by atoms with Crippen molar-refractivity contribution in [3.05, 3.63) is 28.8 Å². The third-order valence-corrected chi connectivity index (χ3v) is 4.75. The first-order chi connectivity index (χ1) is 11.6. The largest absolute Gasteiger partial charge is 0.362 e. The van der Waals surface area contributed by atoms with Gasteiger partial charge in [0, 0.05) is 17.3 Å². The zero-order chi connectivity index (χ0) is 17.6. The molecule has 1 aromatic carbocycles. The molecule has 0 fully saturated rings. The SMILES string of the molecule is CCCCCCCCCCCCNC(=S)Nc1cc(Cl)ccc1C. The van der Waals surface area contributed by atoms with Crippen LogP contribution in [0.25, 0.3) is 0 Å². The summed E-state index contributed by atoms with van der Waals surface area (Å²) in [5.41, 5.74) is 2.12. The predicted octanol–water partition coefficient (Wildman–Crippen LogP) is 6.86. The molecule has 0 saturated heterocycles. The van der Waals surface area contributed by atoms with Gasteiger partial charge in [0.25, 0.3) is 0 Å². The topological polar surface area (TPSA) is 24.1 Å². The minimum absolute atomic E-state index is 0.677. The van der Waals surface area contributed by atoms with E-state index in [4.69, 9.17) is 23.8 Å². The molecule has 2 N–H and O–H groups in total. The maximum absolute atomic E-state index is 6.02. The van der Waals surface area contributed by atoms with Gasteiger partial charge in [-0.1, -0.05) is 82.4 Å². The highest BCUT2D eigenvalue weighted by Crippen LogP contribution is 2.20. The van der Waals surface area contributed by atoms with Crippen molar-refractivity contribution in [3.8, 4) is 0 Å². The van der Waals surface area contributed by atoms with Crippen LogP contribution in [0.15, 0.2) is 18.2 Å². The molecule has 0 aliphatic rings. The Morgan fingerprint density at radius 2 is 1.54 bits per heavy atom. The normalized spacial score (nSPS) is 10.6. The smallest absolute Gasteiger partial charge is 0.170 e. The van der Waals surface area contributed by atoms with Gasteiger partial charge in [0.1, 0.15) is 0 Å². The number of anilines is 1. The Hall–Kier alpha value is -0.800. The maximum Gasteiger partial charge on any atom is 0.170 e. The Morgan fingerprint density at radius 1 is 0.958 bits per heavy atom. The van der Waals surface area contributed by atoms with Crippen LogP contribution in [0.1, 0.15) is 76.7 Å². The Balaban J connectivity index is 1.99. The number of rotatable bonds is 12. The van der Waals surface area contributed by atoms with Crippen molar-refractivity contribution in [1.29, 1.82) is 0 Å². The van der Waals surface area contributed by atoms with Crippen LogP contribution < -0.4 is 10.6 Å². The average molecular weight is 369 g/mol. The van der Waals surface area contributed by atoms with Crippen LogP contribution in [0, 0.1) is 6.92 Å². The summed E-state index contributed by atoms with van der Waals surface area (Å²) in [6.45, 7) is 5.25. The predicted molar refractivity (Wildman–Crippen MR) is 112 cm³/mol. The molecule has 0 aromatic heterocycles. The van der Waals surface area contributed by atoms with E-state index in [2.05, 4.69) is 17.6 Å². The van der Waals surface area contributed by atoms with E-state index in [9.17, 15) is 0 Å². The Kier molecular flexibility index (Phi) is 11.9. The van der Waals surface area contributed by atoms with Gasteiger partial charge in [-0.25, -0.2) is 0 Å². The van der Waals surface area contributed by atoms with E-state index in [1.807, 2.05) is 25.1 Å².